The molecule has 0 radical (unpaired) electrons. The van der Waals surface area contributed by atoms with Gasteiger partial charge in [-0.3, -0.25) is 4.79 Å². The smallest absolute Gasteiger partial charge is 0.224 e. The molecule has 0 aliphatic carbocycles. The molecule has 21 heavy (non-hydrogen) atoms. The van der Waals surface area contributed by atoms with Gasteiger partial charge in [-0.05, 0) is 44.6 Å². The van der Waals surface area contributed by atoms with Gasteiger partial charge in [0.25, 0.3) is 0 Å². The normalized spacial score (nSPS) is 16.9. The minimum Gasteiger partial charge on any atom is -0.398 e. The lowest BCUT2D eigenvalue weighted by molar-refractivity contribution is -0.116. The Morgan fingerprint density at radius 1 is 1.29 bits per heavy atom. The van der Waals surface area contributed by atoms with Gasteiger partial charge in [-0.15, -0.1) is 0 Å². The highest BCUT2D eigenvalue weighted by atomic mass is 16.1. The quantitative estimate of drug-likeness (QED) is 0.808. The van der Waals surface area contributed by atoms with Crippen LogP contribution in [-0.2, 0) is 4.79 Å². The van der Waals surface area contributed by atoms with E-state index in [4.69, 9.17) is 5.73 Å². The Labute approximate surface area is 127 Å². The van der Waals surface area contributed by atoms with Crippen LogP contribution in [0.5, 0.6) is 0 Å². The average Bonchev–Trinajstić information content (AvgIpc) is 2.46. The van der Waals surface area contributed by atoms with Crippen molar-refractivity contribution in [1.82, 2.24) is 9.80 Å². The van der Waals surface area contributed by atoms with Gasteiger partial charge < -0.3 is 20.9 Å². The molecule has 5 heteroatoms. The summed E-state index contributed by atoms with van der Waals surface area (Å²) in [5.41, 5.74) is 8.31. The second kappa shape index (κ2) is 7.43. The first-order valence-electron chi connectivity index (χ1n) is 7.62. The van der Waals surface area contributed by atoms with Crippen molar-refractivity contribution in [2.45, 2.75) is 19.8 Å². The molecule has 0 bridgehead atoms. The van der Waals surface area contributed by atoms with Crippen molar-refractivity contribution in [3.8, 4) is 0 Å². The number of hydrogen-bond donors (Lipinski definition) is 2. The molecule has 1 heterocycles. The molecule has 0 spiro atoms. The topological polar surface area (TPSA) is 61.6 Å². The number of piperazine rings is 1. The van der Waals surface area contributed by atoms with Gasteiger partial charge in [0, 0.05) is 44.0 Å². The van der Waals surface area contributed by atoms with Gasteiger partial charge in [-0.2, -0.15) is 0 Å². The highest BCUT2D eigenvalue weighted by Crippen LogP contribution is 2.20. The zero-order chi connectivity index (χ0) is 15.2. The molecule has 1 aromatic carbocycles. The Morgan fingerprint density at radius 3 is 2.71 bits per heavy atom. The van der Waals surface area contributed by atoms with Crippen LogP contribution in [0.4, 0.5) is 11.4 Å². The van der Waals surface area contributed by atoms with Gasteiger partial charge in [0.2, 0.25) is 5.91 Å². The van der Waals surface area contributed by atoms with E-state index in [-0.39, 0.29) is 5.91 Å². The third-order valence-corrected chi connectivity index (χ3v) is 4.12. The minimum absolute atomic E-state index is 0.0674. The summed E-state index contributed by atoms with van der Waals surface area (Å²) in [5.74, 6) is 0.0674. The average molecular weight is 290 g/mol. The molecular weight excluding hydrogens is 264 g/mol. The number of likely N-dealkylation sites (N-methyl/N-ethyl adjacent to an activating group) is 1. The Bertz CT molecular complexity index is 481. The Hall–Kier alpha value is -1.59. The first kappa shape index (κ1) is 15.8. The van der Waals surface area contributed by atoms with Crippen molar-refractivity contribution in [2.75, 3.05) is 50.8 Å². The van der Waals surface area contributed by atoms with Crippen LogP contribution < -0.4 is 11.1 Å². The number of amides is 1. The summed E-state index contributed by atoms with van der Waals surface area (Å²) < 4.78 is 0. The molecule has 1 amide bonds. The fourth-order valence-electron chi connectivity index (χ4n) is 2.54. The van der Waals surface area contributed by atoms with Gasteiger partial charge in [-0.25, -0.2) is 0 Å². The van der Waals surface area contributed by atoms with E-state index in [9.17, 15) is 4.79 Å². The SMILES string of the molecule is Cc1c(N)cccc1NC(=O)CCCN1CCN(C)CC1. The molecule has 2 rings (SSSR count). The maximum atomic E-state index is 12.0. The van der Waals surface area contributed by atoms with E-state index in [1.54, 1.807) is 0 Å². The van der Waals surface area contributed by atoms with E-state index in [1.807, 2.05) is 25.1 Å². The Balaban J connectivity index is 1.71. The molecule has 1 aliphatic heterocycles. The van der Waals surface area contributed by atoms with Crippen molar-refractivity contribution in [2.24, 2.45) is 0 Å². The monoisotopic (exact) mass is 290 g/mol. The first-order chi connectivity index (χ1) is 10.1. The third kappa shape index (κ3) is 4.72. The van der Waals surface area contributed by atoms with Gasteiger partial charge in [0.1, 0.15) is 0 Å². The van der Waals surface area contributed by atoms with Crippen molar-refractivity contribution < 1.29 is 4.79 Å². The highest BCUT2D eigenvalue weighted by Gasteiger charge is 2.13. The zero-order valence-electron chi connectivity index (χ0n) is 13.1. The van der Waals surface area contributed by atoms with Crippen molar-refractivity contribution in [3.63, 3.8) is 0 Å². The second-order valence-corrected chi connectivity index (χ2v) is 5.82. The Morgan fingerprint density at radius 2 is 2.00 bits per heavy atom. The number of hydrogen-bond acceptors (Lipinski definition) is 4. The Kier molecular flexibility index (Phi) is 5.59. The number of nitrogen functional groups attached to an aromatic ring is 1. The molecule has 1 aliphatic rings. The van der Waals surface area contributed by atoms with E-state index < -0.39 is 0 Å². The third-order valence-electron chi connectivity index (χ3n) is 4.12. The zero-order valence-corrected chi connectivity index (χ0v) is 13.1. The number of rotatable bonds is 5. The van der Waals surface area contributed by atoms with E-state index in [2.05, 4.69) is 22.2 Å². The summed E-state index contributed by atoms with van der Waals surface area (Å²) in [6.45, 7) is 7.37. The lowest BCUT2D eigenvalue weighted by Crippen LogP contribution is -2.44. The number of carbonyl (C=O) groups excluding carboxylic acids is 1. The summed E-state index contributed by atoms with van der Waals surface area (Å²) in [6.07, 6.45) is 1.46. The van der Waals surface area contributed by atoms with Crippen molar-refractivity contribution >= 4 is 17.3 Å². The summed E-state index contributed by atoms with van der Waals surface area (Å²) in [7, 11) is 2.15. The van der Waals surface area contributed by atoms with Gasteiger partial charge >= 0.3 is 0 Å². The predicted octanol–water partition coefficient (Wildman–Crippen LogP) is 1.54. The van der Waals surface area contributed by atoms with E-state index >= 15 is 0 Å². The first-order valence-corrected chi connectivity index (χ1v) is 7.62. The van der Waals surface area contributed by atoms with Crippen LogP contribution in [0.25, 0.3) is 0 Å². The molecule has 0 unspecified atom stereocenters. The lowest BCUT2D eigenvalue weighted by atomic mass is 10.1. The number of nitrogens with zero attached hydrogens (tertiary/aromatic N) is 2. The number of nitrogens with one attached hydrogen (secondary N) is 1. The van der Waals surface area contributed by atoms with E-state index in [0.717, 1.165) is 50.4 Å². The molecular formula is C16H26N4O. The van der Waals surface area contributed by atoms with Gasteiger partial charge in [0.05, 0.1) is 0 Å². The number of benzene rings is 1. The van der Waals surface area contributed by atoms with Crippen molar-refractivity contribution in [3.05, 3.63) is 23.8 Å². The maximum Gasteiger partial charge on any atom is 0.224 e. The molecule has 3 N–H and O–H groups in total. The fraction of sp³-hybridized carbons (Fsp3) is 0.562. The molecule has 0 aromatic heterocycles. The molecule has 0 saturated carbocycles. The molecule has 1 fully saturated rings. The standard InChI is InChI=1S/C16H26N4O/c1-13-14(17)5-3-6-15(13)18-16(21)7-4-8-20-11-9-19(2)10-12-20/h3,5-6H,4,7-12,17H2,1-2H3,(H,18,21). The molecule has 1 saturated heterocycles. The number of nitrogens with two attached hydrogens (primary N) is 1. The maximum absolute atomic E-state index is 12.0. The summed E-state index contributed by atoms with van der Waals surface area (Å²) in [4.78, 5) is 16.8. The summed E-state index contributed by atoms with van der Waals surface area (Å²) in [5, 5.41) is 2.95. The van der Waals surface area contributed by atoms with E-state index in [1.165, 1.54) is 0 Å². The van der Waals surface area contributed by atoms with Crippen LogP contribution in [-0.4, -0.2) is 55.5 Å². The molecule has 116 valence electrons. The molecule has 0 atom stereocenters. The summed E-state index contributed by atoms with van der Waals surface area (Å²) >= 11 is 0. The highest BCUT2D eigenvalue weighted by molar-refractivity contribution is 5.92. The van der Waals surface area contributed by atoms with Gasteiger partial charge in [0.15, 0.2) is 0 Å². The predicted molar refractivity (Wildman–Crippen MR) is 87.4 cm³/mol. The van der Waals surface area contributed by atoms with Crippen LogP contribution in [0.15, 0.2) is 18.2 Å². The lowest BCUT2D eigenvalue weighted by Gasteiger charge is -2.32. The number of carbonyl (C=O) groups is 1. The van der Waals surface area contributed by atoms with Crippen LogP contribution in [0.1, 0.15) is 18.4 Å². The van der Waals surface area contributed by atoms with Crippen LogP contribution >= 0.6 is 0 Å². The second-order valence-electron chi connectivity index (χ2n) is 5.82. The van der Waals surface area contributed by atoms with Crippen LogP contribution in [0.2, 0.25) is 0 Å². The van der Waals surface area contributed by atoms with Crippen molar-refractivity contribution in [1.29, 1.82) is 0 Å². The minimum atomic E-state index is 0.0674. The van der Waals surface area contributed by atoms with E-state index in [0.29, 0.717) is 12.1 Å². The summed E-state index contributed by atoms with van der Waals surface area (Å²) in [6, 6.07) is 5.60. The van der Waals surface area contributed by atoms with Gasteiger partial charge in [-0.1, -0.05) is 6.07 Å². The largest absolute Gasteiger partial charge is 0.398 e. The van der Waals surface area contributed by atoms with Crippen LogP contribution in [0.3, 0.4) is 0 Å². The van der Waals surface area contributed by atoms with Crippen LogP contribution in [0, 0.1) is 6.92 Å². The molecule has 5 nitrogen and oxygen atoms in total. The molecule has 1 aromatic rings. The fourth-order valence-corrected chi connectivity index (χ4v) is 2.54. The number of anilines is 2.